The van der Waals surface area contributed by atoms with Gasteiger partial charge in [0, 0.05) is 0 Å². The highest BCUT2D eigenvalue weighted by atomic mass is 16.4. The van der Waals surface area contributed by atoms with Gasteiger partial charge in [0.2, 0.25) is 0 Å². The molecule has 1 fully saturated rings. The van der Waals surface area contributed by atoms with Gasteiger partial charge in [-0.3, -0.25) is 4.79 Å². The Hall–Kier alpha value is -0.530. The van der Waals surface area contributed by atoms with Crippen molar-refractivity contribution in [1.29, 1.82) is 0 Å². The summed E-state index contributed by atoms with van der Waals surface area (Å²) in [6, 6.07) is 0. The van der Waals surface area contributed by atoms with E-state index in [4.69, 9.17) is 0 Å². The van der Waals surface area contributed by atoms with Crippen LogP contribution in [-0.4, -0.2) is 11.1 Å². The number of hydrogen-bond donors (Lipinski definition) is 1. The number of hydrogen-bond acceptors (Lipinski definition) is 1. The molecule has 0 aromatic rings. The lowest BCUT2D eigenvalue weighted by Gasteiger charge is -2.39. The van der Waals surface area contributed by atoms with Crippen LogP contribution in [0.1, 0.15) is 52.4 Å². The molecule has 0 heterocycles. The van der Waals surface area contributed by atoms with Crippen molar-refractivity contribution in [2.24, 2.45) is 11.3 Å². The lowest BCUT2D eigenvalue weighted by molar-refractivity contribution is -0.155. The maximum atomic E-state index is 11.3. The second-order valence-corrected chi connectivity index (χ2v) is 4.36. The summed E-state index contributed by atoms with van der Waals surface area (Å²) in [7, 11) is 0. The molecular formula is C11H20O2. The van der Waals surface area contributed by atoms with Crippen molar-refractivity contribution in [2.45, 2.75) is 52.4 Å². The Morgan fingerprint density at radius 3 is 2.69 bits per heavy atom. The van der Waals surface area contributed by atoms with E-state index >= 15 is 0 Å². The molecule has 1 aliphatic carbocycles. The van der Waals surface area contributed by atoms with E-state index in [2.05, 4.69) is 13.8 Å². The van der Waals surface area contributed by atoms with E-state index in [1.807, 2.05) is 0 Å². The Balaban J connectivity index is 2.79. The first-order valence-electron chi connectivity index (χ1n) is 5.37. The highest BCUT2D eigenvalue weighted by Crippen LogP contribution is 2.44. The van der Waals surface area contributed by atoms with Crippen LogP contribution in [0.3, 0.4) is 0 Å². The van der Waals surface area contributed by atoms with Crippen LogP contribution < -0.4 is 0 Å². The second-order valence-electron chi connectivity index (χ2n) is 4.36. The molecule has 0 spiro atoms. The average Bonchev–Trinajstić information content (AvgIpc) is 2.09. The first-order valence-corrected chi connectivity index (χ1v) is 5.37. The molecule has 1 N–H and O–H groups in total. The summed E-state index contributed by atoms with van der Waals surface area (Å²) in [5.41, 5.74) is -0.396. The van der Waals surface area contributed by atoms with Crippen molar-refractivity contribution in [2.75, 3.05) is 0 Å². The quantitative estimate of drug-likeness (QED) is 0.732. The van der Waals surface area contributed by atoms with Crippen molar-refractivity contribution in [3.8, 4) is 0 Å². The Kier molecular flexibility index (Phi) is 3.34. The van der Waals surface area contributed by atoms with E-state index in [0.717, 1.165) is 32.1 Å². The standard InChI is InChI=1S/C11H20O2/c1-3-7-11(10(12)13)8-5-4-6-9(11)2/h9H,3-8H2,1-2H3,(H,12,13). The predicted molar refractivity (Wildman–Crippen MR) is 52.6 cm³/mol. The van der Waals surface area contributed by atoms with E-state index in [1.165, 1.54) is 6.42 Å². The maximum absolute atomic E-state index is 11.3. The van der Waals surface area contributed by atoms with Crippen molar-refractivity contribution in [3.05, 3.63) is 0 Å². The maximum Gasteiger partial charge on any atom is 0.309 e. The lowest BCUT2D eigenvalue weighted by atomic mass is 9.65. The summed E-state index contributed by atoms with van der Waals surface area (Å²) in [5, 5.41) is 9.29. The minimum absolute atomic E-state index is 0.360. The molecule has 1 saturated carbocycles. The molecule has 0 bridgehead atoms. The molecule has 2 atom stereocenters. The number of carboxylic acid groups (broad SMARTS) is 1. The van der Waals surface area contributed by atoms with Gasteiger partial charge in [0.1, 0.15) is 0 Å². The normalized spacial score (nSPS) is 34.5. The zero-order chi connectivity index (χ0) is 9.90. The van der Waals surface area contributed by atoms with Crippen LogP contribution in [0.15, 0.2) is 0 Å². The van der Waals surface area contributed by atoms with Crippen LogP contribution in [0.25, 0.3) is 0 Å². The topological polar surface area (TPSA) is 37.3 Å². The molecule has 0 amide bonds. The minimum atomic E-state index is -0.568. The van der Waals surface area contributed by atoms with E-state index in [9.17, 15) is 9.90 Å². The van der Waals surface area contributed by atoms with Crippen molar-refractivity contribution in [1.82, 2.24) is 0 Å². The Morgan fingerprint density at radius 2 is 2.23 bits per heavy atom. The smallest absolute Gasteiger partial charge is 0.309 e. The van der Waals surface area contributed by atoms with E-state index < -0.39 is 11.4 Å². The first-order chi connectivity index (χ1) is 6.13. The molecule has 0 saturated heterocycles. The third-order valence-corrected chi connectivity index (χ3v) is 3.58. The molecule has 76 valence electrons. The molecule has 0 radical (unpaired) electrons. The number of aliphatic carboxylic acids is 1. The van der Waals surface area contributed by atoms with Gasteiger partial charge in [-0.25, -0.2) is 0 Å². The van der Waals surface area contributed by atoms with E-state index in [0.29, 0.717) is 5.92 Å². The van der Waals surface area contributed by atoms with Gasteiger partial charge in [-0.05, 0) is 25.2 Å². The van der Waals surface area contributed by atoms with Crippen LogP contribution in [0.5, 0.6) is 0 Å². The highest BCUT2D eigenvalue weighted by Gasteiger charge is 2.43. The summed E-state index contributed by atoms with van der Waals surface area (Å²) in [6.07, 6.45) is 6.11. The van der Waals surface area contributed by atoms with Gasteiger partial charge in [-0.15, -0.1) is 0 Å². The summed E-state index contributed by atoms with van der Waals surface area (Å²) in [4.78, 5) is 11.3. The second kappa shape index (κ2) is 4.12. The molecule has 0 aromatic carbocycles. The van der Waals surface area contributed by atoms with Crippen LogP contribution in [0.2, 0.25) is 0 Å². The molecule has 0 aliphatic heterocycles. The molecular weight excluding hydrogens is 164 g/mol. The summed E-state index contributed by atoms with van der Waals surface area (Å²) < 4.78 is 0. The minimum Gasteiger partial charge on any atom is -0.481 e. The third-order valence-electron chi connectivity index (χ3n) is 3.58. The zero-order valence-corrected chi connectivity index (χ0v) is 8.68. The zero-order valence-electron chi connectivity index (χ0n) is 8.68. The van der Waals surface area contributed by atoms with Gasteiger partial charge in [0.25, 0.3) is 0 Å². The van der Waals surface area contributed by atoms with Crippen molar-refractivity contribution < 1.29 is 9.90 Å². The Labute approximate surface area is 80.3 Å². The van der Waals surface area contributed by atoms with Gasteiger partial charge in [0.15, 0.2) is 0 Å². The van der Waals surface area contributed by atoms with Crippen LogP contribution in [0, 0.1) is 11.3 Å². The van der Waals surface area contributed by atoms with Crippen molar-refractivity contribution >= 4 is 5.97 Å². The monoisotopic (exact) mass is 184 g/mol. The fourth-order valence-electron chi connectivity index (χ4n) is 2.66. The van der Waals surface area contributed by atoms with E-state index in [-0.39, 0.29) is 0 Å². The summed E-state index contributed by atoms with van der Waals surface area (Å²) in [6.45, 7) is 4.18. The first kappa shape index (κ1) is 10.6. The molecule has 2 nitrogen and oxygen atoms in total. The van der Waals surface area contributed by atoms with Gasteiger partial charge in [-0.2, -0.15) is 0 Å². The van der Waals surface area contributed by atoms with Gasteiger partial charge < -0.3 is 5.11 Å². The predicted octanol–water partition coefficient (Wildman–Crippen LogP) is 3.07. The number of carboxylic acids is 1. The molecule has 1 rings (SSSR count). The van der Waals surface area contributed by atoms with Crippen LogP contribution in [0.4, 0.5) is 0 Å². The molecule has 2 heteroatoms. The van der Waals surface area contributed by atoms with Gasteiger partial charge >= 0.3 is 5.97 Å². The largest absolute Gasteiger partial charge is 0.481 e. The molecule has 2 unspecified atom stereocenters. The summed E-state index contributed by atoms with van der Waals surface area (Å²) >= 11 is 0. The Bertz CT molecular complexity index is 185. The summed E-state index contributed by atoms with van der Waals surface area (Å²) in [5.74, 6) is -0.208. The number of rotatable bonds is 3. The molecule has 1 aliphatic rings. The third kappa shape index (κ3) is 1.87. The fourth-order valence-corrected chi connectivity index (χ4v) is 2.66. The molecule has 13 heavy (non-hydrogen) atoms. The lowest BCUT2D eigenvalue weighted by Crippen LogP contribution is -2.39. The fraction of sp³-hybridized carbons (Fsp3) is 0.909. The molecule has 0 aromatic heterocycles. The highest BCUT2D eigenvalue weighted by molar-refractivity contribution is 5.75. The SMILES string of the molecule is CCCC1(C(=O)O)CCCCC1C. The number of carbonyl (C=O) groups is 1. The van der Waals surface area contributed by atoms with E-state index in [1.54, 1.807) is 0 Å². The van der Waals surface area contributed by atoms with Gasteiger partial charge in [-0.1, -0.05) is 33.1 Å². The van der Waals surface area contributed by atoms with Gasteiger partial charge in [0.05, 0.1) is 5.41 Å². The van der Waals surface area contributed by atoms with Crippen LogP contribution in [-0.2, 0) is 4.79 Å². The van der Waals surface area contributed by atoms with Crippen molar-refractivity contribution in [3.63, 3.8) is 0 Å². The van der Waals surface area contributed by atoms with Crippen LogP contribution >= 0.6 is 0 Å². The Morgan fingerprint density at radius 1 is 1.54 bits per heavy atom. The average molecular weight is 184 g/mol.